The van der Waals surface area contributed by atoms with Gasteiger partial charge in [0, 0.05) is 22.7 Å². The van der Waals surface area contributed by atoms with Gasteiger partial charge in [0.1, 0.15) is 10.0 Å². The fourth-order valence-electron chi connectivity index (χ4n) is 4.42. The molecule has 178 valence electrons. The summed E-state index contributed by atoms with van der Waals surface area (Å²) in [5, 5.41) is 7.03. The zero-order valence-electron chi connectivity index (χ0n) is 19.8. The summed E-state index contributed by atoms with van der Waals surface area (Å²) in [5.41, 5.74) is 2.11. The molecule has 1 aliphatic rings. The van der Waals surface area contributed by atoms with Crippen LogP contribution in [-0.4, -0.2) is 65.5 Å². The molecule has 1 unspecified atom stereocenters. The van der Waals surface area contributed by atoms with Crippen molar-refractivity contribution in [3.63, 3.8) is 0 Å². The third-order valence-electron chi connectivity index (χ3n) is 6.22. The van der Waals surface area contributed by atoms with Crippen LogP contribution in [0.5, 0.6) is 0 Å². The number of benzene rings is 1. The lowest BCUT2D eigenvalue weighted by Crippen LogP contribution is -3.15. The summed E-state index contributed by atoms with van der Waals surface area (Å²) in [5.74, 6) is 0. The van der Waals surface area contributed by atoms with Crippen molar-refractivity contribution in [2.45, 2.75) is 43.5 Å². The van der Waals surface area contributed by atoms with Crippen molar-refractivity contribution in [3.8, 4) is 0 Å². The zero-order chi connectivity index (χ0) is 23.2. The Morgan fingerprint density at radius 2 is 2.06 bits per heavy atom. The molecule has 1 aromatic carbocycles. The molecule has 3 heterocycles. The monoisotopic (exact) mass is 487 g/mol. The number of nitrogens with one attached hydrogen (secondary N) is 2. The van der Waals surface area contributed by atoms with Gasteiger partial charge in [-0.15, -0.1) is 11.8 Å². The minimum Gasteiger partial charge on any atom is -0.350 e. The van der Waals surface area contributed by atoms with E-state index in [2.05, 4.69) is 46.6 Å². The topological polar surface area (TPSA) is 67.5 Å². The van der Waals surface area contributed by atoms with Crippen LogP contribution in [0, 0.1) is 0 Å². The average molecular weight is 488 g/mol. The maximum Gasteiger partial charge on any atom is 0.257 e. The van der Waals surface area contributed by atoms with Crippen molar-refractivity contribution in [1.82, 2.24) is 19.2 Å². The highest BCUT2D eigenvalue weighted by molar-refractivity contribution is 7.99. The van der Waals surface area contributed by atoms with Gasteiger partial charge < -0.3 is 15.1 Å². The second-order valence-corrected chi connectivity index (χ2v) is 10.9. The second kappa shape index (κ2) is 11.5. The average Bonchev–Trinajstić information content (AvgIpc) is 3.26. The number of piperazine rings is 1. The number of hydrogen-bond acceptors (Lipinski definition) is 7. The molecule has 9 heteroatoms. The van der Waals surface area contributed by atoms with Crippen LogP contribution in [0.15, 0.2) is 40.4 Å². The van der Waals surface area contributed by atoms with Crippen LogP contribution in [0.4, 0.5) is 5.00 Å². The van der Waals surface area contributed by atoms with E-state index in [1.54, 1.807) is 34.5 Å². The highest BCUT2D eigenvalue weighted by atomic mass is 32.2. The van der Waals surface area contributed by atoms with Crippen molar-refractivity contribution in [3.05, 3.63) is 46.5 Å². The molecule has 1 fully saturated rings. The van der Waals surface area contributed by atoms with Crippen molar-refractivity contribution < 1.29 is 4.90 Å². The number of fused-ring (bicyclic) bond motifs is 1. The molecule has 0 bridgehead atoms. The van der Waals surface area contributed by atoms with E-state index in [0.29, 0.717) is 5.25 Å². The number of hydrogen-bond donors (Lipinski definition) is 2. The van der Waals surface area contributed by atoms with Crippen molar-refractivity contribution in [2.75, 3.05) is 51.2 Å². The van der Waals surface area contributed by atoms with Crippen LogP contribution < -0.4 is 20.7 Å². The Labute approximate surface area is 204 Å². The van der Waals surface area contributed by atoms with Crippen molar-refractivity contribution in [2.24, 2.45) is 0 Å². The maximum atomic E-state index is 13.2. The molecular weight excluding hydrogens is 452 g/mol. The molecule has 0 aliphatic carbocycles. The smallest absolute Gasteiger partial charge is 0.257 e. The van der Waals surface area contributed by atoms with E-state index in [4.69, 9.17) is 4.98 Å². The number of nitrogens with zero attached hydrogens (tertiary/aromatic N) is 4. The Morgan fingerprint density at radius 1 is 1.27 bits per heavy atom. The molecule has 33 heavy (non-hydrogen) atoms. The molecule has 3 aromatic rings. The Morgan fingerprint density at radius 3 is 2.82 bits per heavy atom. The first-order valence-corrected chi connectivity index (χ1v) is 13.6. The molecule has 7 nitrogen and oxygen atoms in total. The summed E-state index contributed by atoms with van der Waals surface area (Å²) in [7, 11) is 1.96. The van der Waals surface area contributed by atoms with Gasteiger partial charge in [0.15, 0.2) is 0 Å². The van der Waals surface area contributed by atoms with E-state index in [-0.39, 0.29) is 5.56 Å². The molecule has 1 atom stereocenters. The molecule has 4 rings (SSSR count). The third-order valence-corrected chi connectivity index (χ3v) is 8.31. The van der Waals surface area contributed by atoms with E-state index >= 15 is 0 Å². The normalized spacial score (nSPS) is 15.9. The summed E-state index contributed by atoms with van der Waals surface area (Å²) in [4.78, 5) is 21.9. The largest absolute Gasteiger partial charge is 0.350 e. The predicted octanol–water partition coefficient (Wildman–Crippen LogP) is 1.91. The molecule has 2 N–H and O–H groups in total. The molecule has 1 saturated heterocycles. The van der Waals surface area contributed by atoms with E-state index in [0.717, 1.165) is 74.8 Å². The summed E-state index contributed by atoms with van der Waals surface area (Å²) in [6.07, 6.45) is 3.50. The maximum absolute atomic E-state index is 13.2. The van der Waals surface area contributed by atoms with Gasteiger partial charge in [0.2, 0.25) is 0 Å². The number of aromatic nitrogens is 3. The first kappa shape index (κ1) is 24.2. The van der Waals surface area contributed by atoms with E-state index < -0.39 is 0 Å². The van der Waals surface area contributed by atoms with Crippen LogP contribution in [-0.2, 0) is 13.0 Å². The van der Waals surface area contributed by atoms with Crippen LogP contribution in [0.1, 0.15) is 25.8 Å². The van der Waals surface area contributed by atoms with Crippen LogP contribution in [0.3, 0.4) is 0 Å². The minimum atomic E-state index is 0.139. The van der Waals surface area contributed by atoms with Gasteiger partial charge in [-0.25, -0.2) is 4.98 Å². The van der Waals surface area contributed by atoms with Gasteiger partial charge in [-0.05, 0) is 37.1 Å². The Kier molecular flexibility index (Phi) is 8.40. The van der Waals surface area contributed by atoms with Crippen molar-refractivity contribution in [1.29, 1.82) is 0 Å². The van der Waals surface area contributed by atoms with Gasteiger partial charge in [0.05, 0.1) is 51.1 Å². The summed E-state index contributed by atoms with van der Waals surface area (Å²) >= 11 is 3.31. The molecule has 2 aromatic heterocycles. The molecule has 0 amide bonds. The number of thioether (sulfide) groups is 1. The molecule has 0 saturated carbocycles. The highest BCUT2D eigenvalue weighted by Gasteiger charge is 2.23. The summed E-state index contributed by atoms with van der Waals surface area (Å²) in [6, 6.07) is 8.39. The molecule has 0 radical (unpaired) electrons. The Hall–Kier alpha value is -1.94. The highest BCUT2D eigenvalue weighted by Crippen LogP contribution is 2.30. The Bertz CT molecular complexity index is 1110. The minimum absolute atomic E-state index is 0.139. The lowest BCUT2D eigenvalue weighted by molar-refractivity contribution is -0.901. The third kappa shape index (κ3) is 5.77. The standard InChI is InChI=1S/C24H34N6OS2/c1-4-7-20-22(32-18(2)16-25-3)26-17-30(23(20)31)15-12-28-10-13-29(14-11-28)24-19-8-5-6-9-21(19)27-33-24/h5-6,8-9,17-18,25H,4,7,10-16H2,1-3H3/p+1. The Balaban J connectivity index is 1.36. The second-order valence-electron chi connectivity index (χ2n) is 8.75. The van der Waals surface area contributed by atoms with Crippen LogP contribution in [0.2, 0.25) is 0 Å². The van der Waals surface area contributed by atoms with Crippen LogP contribution >= 0.6 is 23.3 Å². The van der Waals surface area contributed by atoms with E-state index in [1.807, 2.05) is 17.7 Å². The predicted molar refractivity (Wildman–Crippen MR) is 139 cm³/mol. The first-order valence-electron chi connectivity index (χ1n) is 11.9. The molecule has 0 spiro atoms. The van der Waals surface area contributed by atoms with Crippen LogP contribution in [0.25, 0.3) is 10.9 Å². The molecule has 1 aliphatic heterocycles. The fraction of sp³-hybridized carbons (Fsp3) is 0.542. The lowest BCUT2D eigenvalue weighted by atomic mass is 10.2. The number of rotatable bonds is 10. The van der Waals surface area contributed by atoms with Gasteiger partial charge >= 0.3 is 0 Å². The van der Waals surface area contributed by atoms with Crippen molar-refractivity contribution >= 4 is 39.2 Å². The SMILES string of the molecule is CCCc1c(SC(C)CNC)ncn(CC[NH+]2CCN(c3snc4ccccc34)CC2)c1=O. The lowest BCUT2D eigenvalue weighted by Gasteiger charge is -2.32. The van der Waals surface area contributed by atoms with Gasteiger partial charge in [0.25, 0.3) is 5.56 Å². The zero-order valence-corrected chi connectivity index (χ0v) is 21.5. The fourth-order valence-corrected chi connectivity index (χ4v) is 6.40. The quantitative estimate of drug-likeness (QED) is 0.336. The summed E-state index contributed by atoms with van der Waals surface area (Å²) < 4.78 is 6.43. The number of anilines is 1. The first-order chi connectivity index (χ1) is 16.1. The number of quaternary nitrogens is 1. The van der Waals surface area contributed by atoms with Gasteiger partial charge in [-0.1, -0.05) is 32.4 Å². The van der Waals surface area contributed by atoms with Gasteiger partial charge in [-0.3, -0.25) is 9.36 Å². The molecular formula is C24H35N6OS2+. The summed E-state index contributed by atoms with van der Waals surface area (Å²) in [6.45, 7) is 11.1. The van der Waals surface area contributed by atoms with E-state index in [9.17, 15) is 4.79 Å². The van der Waals surface area contributed by atoms with Gasteiger partial charge in [-0.2, -0.15) is 4.37 Å². The van der Waals surface area contributed by atoms with E-state index in [1.165, 1.54) is 10.4 Å².